The van der Waals surface area contributed by atoms with Crippen LogP contribution in [0.5, 0.6) is 0 Å². The average Bonchev–Trinajstić information content (AvgIpc) is 2.40. The zero-order valence-corrected chi connectivity index (χ0v) is 13.1. The molecule has 0 unspecified atom stereocenters. The van der Waals surface area contributed by atoms with E-state index >= 15 is 0 Å². The maximum Gasteiger partial charge on any atom is 0.278 e. The Kier molecular flexibility index (Phi) is 4.56. The van der Waals surface area contributed by atoms with E-state index in [1.165, 1.54) is 18.7 Å². The fraction of sp³-hybridized carbons (Fsp3) is 0.167. The molecular formula is C12H11BrN4O2S. The highest BCUT2D eigenvalue weighted by Gasteiger charge is 2.13. The van der Waals surface area contributed by atoms with Gasteiger partial charge in [0.15, 0.2) is 10.9 Å². The molecule has 0 aliphatic rings. The van der Waals surface area contributed by atoms with Crippen LogP contribution >= 0.6 is 27.7 Å². The zero-order chi connectivity index (χ0) is 14.7. The molecule has 2 rings (SSSR count). The molecule has 1 aromatic heterocycles. The first-order valence-corrected chi connectivity index (χ1v) is 7.61. The summed E-state index contributed by atoms with van der Waals surface area (Å²) >= 11 is 4.63. The van der Waals surface area contributed by atoms with Gasteiger partial charge in [0.05, 0.1) is 5.69 Å². The number of anilines is 1. The molecule has 0 radical (unpaired) electrons. The third-order valence-corrected chi connectivity index (χ3v) is 3.48. The van der Waals surface area contributed by atoms with Crippen LogP contribution in [0, 0.1) is 0 Å². The number of nitrogens with zero attached hydrogens (tertiary/aromatic N) is 2. The van der Waals surface area contributed by atoms with E-state index in [-0.39, 0.29) is 17.2 Å². The molecule has 0 fully saturated rings. The van der Waals surface area contributed by atoms with Gasteiger partial charge in [0, 0.05) is 17.0 Å². The fourth-order valence-electron chi connectivity index (χ4n) is 1.60. The van der Waals surface area contributed by atoms with Gasteiger partial charge in [-0.15, -0.1) is 10.2 Å². The second-order valence-electron chi connectivity index (χ2n) is 3.88. The number of halogens is 1. The van der Waals surface area contributed by atoms with Crippen LogP contribution in [-0.2, 0) is 4.79 Å². The van der Waals surface area contributed by atoms with Crippen molar-refractivity contribution in [3.63, 3.8) is 0 Å². The highest BCUT2D eigenvalue weighted by molar-refractivity contribution is 9.10. The third kappa shape index (κ3) is 3.26. The number of hydrogen-bond acceptors (Lipinski definition) is 5. The molecule has 1 heterocycles. The summed E-state index contributed by atoms with van der Waals surface area (Å²) in [6.07, 6.45) is 1.79. The predicted octanol–water partition coefficient (Wildman–Crippen LogP) is 2.27. The summed E-state index contributed by atoms with van der Waals surface area (Å²) in [6.45, 7) is 1.40. The summed E-state index contributed by atoms with van der Waals surface area (Å²) in [5.74, 6) is -0.223. The molecule has 0 aliphatic heterocycles. The Morgan fingerprint density at radius 1 is 1.40 bits per heavy atom. The van der Waals surface area contributed by atoms with Gasteiger partial charge < -0.3 is 5.32 Å². The number of H-pyrrole nitrogens is 1. The molecule has 6 nitrogen and oxygen atoms in total. The molecular weight excluding hydrogens is 344 g/mol. The van der Waals surface area contributed by atoms with Crippen LogP contribution in [0.4, 0.5) is 5.69 Å². The van der Waals surface area contributed by atoms with Crippen molar-refractivity contribution in [2.45, 2.75) is 12.1 Å². The van der Waals surface area contributed by atoms with Crippen molar-refractivity contribution < 1.29 is 4.79 Å². The van der Waals surface area contributed by atoms with Crippen LogP contribution in [-0.4, -0.2) is 27.3 Å². The smallest absolute Gasteiger partial charge is 0.278 e. The summed E-state index contributed by atoms with van der Waals surface area (Å²) in [7, 11) is 0. The maximum atomic E-state index is 12.0. The lowest BCUT2D eigenvalue weighted by atomic mass is 10.1. The number of carbonyl (C=O) groups is 1. The first kappa shape index (κ1) is 14.7. The van der Waals surface area contributed by atoms with Crippen LogP contribution in [0.2, 0.25) is 0 Å². The van der Waals surface area contributed by atoms with E-state index in [1.54, 1.807) is 24.5 Å². The van der Waals surface area contributed by atoms with Gasteiger partial charge in [0.1, 0.15) is 0 Å². The Hall–Kier alpha value is -1.67. The van der Waals surface area contributed by atoms with Gasteiger partial charge in [-0.1, -0.05) is 27.7 Å². The normalized spacial score (nSPS) is 10.3. The Balaban J connectivity index is 2.59. The summed E-state index contributed by atoms with van der Waals surface area (Å²) in [6, 6.07) is 5.18. The lowest BCUT2D eigenvalue weighted by molar-refractivity contribution is -0.114. The van der Waals surface area contributed by atoms with Crippen LogP contribution in [0.1, 0.15) is 6.92 Å². The summed E-state index contributed by atoms with van der Waals surface area (Å²) in [4.78, 5) is 25.9. The molecule has 8 heteroatoms. The molecule has 0 aliphatic carbocycles. The van der Waals surface area contributed by atoms with Gasteiger partial charge >= 0.3 is 0 Å². The summed E-state index contributed by atoms with van der Waals surface area (Å²) in [5, 5.41) is 11.0. The number of benzene rings is 1. The van der Waals surface area contributed by atoms with Crippen LogP contribution in [0.3, 0.4) is 0 Å². The third-order valence-electron chi connectivity index (χ3n) is 2.42. The highest BCUT2D eigenvalue weighted by atomic mass is 79.9. The number of carbonyl (C=O) groups excluding carboxylic acids is 1. The molecule has 0 saturated heterocycles. The SMILES string of the molecule is CSc1nnc(-c2cc(Br)ccc2NC(C)=O)c(=O)[nH]1. The van der Waals surface area contributed by atoms with Crippen LogP contribution < -0.4 is 10.9 Å². The molecule has 1 amide bonds. The van der Waals surface area contributed by atoms with Gasteiger partial charge in [0.25, 0.3) is 5.56 Å². The number of hydrogen-bond donors (Lipinski definition) is 2. The Morgan fingerprint density at radius 2 is 2.15 bits per heavy atom. The first-order chi connectivity index (χ1) is 9.51. The molecule has 20 heavy (non-hydrogen) atoms. The average molecular weight is 355 g/mol. The molecule has 104 valence electrons. The van der Waals surface area contributed by atoms with Crippen molar-refractivity contribution in [1.82, 2.24) is 15.2 Å². The number of rotatable bonds is 3. The zero-order valence-electron chi connectivity index (χ0n) is 10.7. The minimum Gasteiger partial charge on any atom is -0.326 e. The maximum absolute atomic E-state index is 12.0. The molecule has 0 saturated carbocycles. The Morgan fingerprint density at radius 3 is 2.75 bits per heavy atom. The predicted molar refractivity (Wildman–Crippen MR) is 81.9 cm³/mol. The molecule has 0 bridgehead atoms. The molecule has 0 spiro atoms. The largest absolute Gasteiger partial charge is 0.326 e. The van der Waals surface area contributed by atoms with E-state index in [0.717, 1.165) is 4.47 Å². The van der Waals surface area contributed by atoms with E-state index in [2.05, 4.69) is 36.4 Å². The van der Waals surface area contributed by atoms with Crippen molar-refractivity contribution in [2.24, 2.45) is 0 Å². The number of nitrogens with one attached hydrogen (secondary N) is 2. The van der Waals surface area contributed by atoms with Gasteiger partial charge in [-0.25, -0.2) is 0 Å². The quantitative estimate of drug-likeness (QED) is 0.825. The second-order valence-corrected chi connectivity index (χ2v) is 5.59. The molecule has 0 atom stereocenters. The summed E-state index contributed by atoms with van der Waals surface area (Å²) in [5.41, 5.74) is 0.829. The van der Waals surface area contributed by atoms with Crippen LogP contribution in [0.15, 0.2) is 32.6 Å². The van der Waals surface area contributed by atoms with Gasteiger partial charge in [0.2, 0.25) is 5.91 Å². The fourth-order valence-corrected chi connectivity index (χ4v) is 2.28. The standard InChI is InChI=1S/C12H11BrN4O2S/c1-6(18)14-9-4-3-7(13)5-8(9)10-11(19)15-12(20-2)17-16-10/h3-5H,1-2H3,(H,14,18)(H,15,17,19). The summed E-state index contributed by atoms with van der Waals surface area (Å²) < 4.78 is 0.775. The number of thioether (sulfide) groups is 1. The van der Waals surface area contributed by atoms with E-state index < -0.39 is 0 Å². The van der Waals surface area contributed by atoms with E-state index in [9.17, 15) is 9.59 Å². The highest BCUT2D eigenvalue weighted by Crippen LogP contribution is 2.27. The molecule has 2 aromatic rings. The topological polar surface area (TPSA) is 87.7 Å². The lowest BCUT2D eigenvalue weighted by Crippen LogP contribution is -2.16. The number of aromatic nitrogens is 3. The van der Waals surface area contributed by atoms with Crippen molar-refractivity contribution in [3.8, 4) is 11.3 Å². The van der Waals surface area contributed by atoms with E-state index in [4.69, 9.17) is 0 Å². The number of aromatic amines is 1. The number of amides is 1. The van der Waals surface area contributed by atoms with Gasteiger partial charge in [-0.05, 0) is 24.5 Å². The minimum atomic E-state index is -0.353. The monoisotopic (exact) mass is 354 g/mol. The Bertz CT molecular complexity index is 717. The second kappa shape index (κ2) is 6.19. The minimum absolute atomic E-state index is 0.160. The van der Waals surface area contributed by atoms with E-state index in [1.807, 2.05) is 0 Å². The lowest BCUT2D eigenvalue weighted by Gasteiger charge is -2.09. The molecule has 1 aromatic carbocycles. The molecule has 2 N–H and O–H groups in total. The van der Waals surface area contributed by atoms with Crippen LogP contribution in [0.25, 0.3) is 11.3 Å². The van der Waals surface area contributed by atoms with Gasteiger partial charge in [-0.3, -0.25) is 14.6 Å². The van der Waals surface area contributed by atoms with E-state index in [0.29, 0.717) is 16.4 Å². The van der Waals surface area contributed by atoms with Gasteiger partial charge in [-0.2, -0.15) is 0 Å². The first-order valence-electron chi connectivity index (χ1n) is 5.59. The van der Waals surface area contributed by atoms with Crippen molar-refractivity contribution in [1.29, 1.82) is 0 Å². The van der Waals surface area contributed by atoms with Crippen molar-refractivity contribution in [2.75, 3.05) is 11.6 Å². The van der Waals surface area contributed by atoms with Crippen molar-refractivity contribution in [3.05, 3.63) is 33.0 Å². The van der Waals surface area contributed by atoms with Crippen molar-refractivity contribution >= 4 is 39.3 Å². The Labute approximate surface area is 127 Å².